The second-order valence-corrected chi connectivity index (χ2v) is 5.11. The van der Waals surface area contributed by atoms with Gasteiger partial charge >= 0.3 is 0 Å². The Morgan fingerprint density at radius 2 is 2.23 bits per heavy atom. The Labute approximate surface area is 128 Å². The summed E-state index contributed by atoms with van der Waals surface area (Å²) in [7, 11) is 0. The van der Waals surface area contributed by atoms with Crippen LogP contribution in [-0.4, -0.2) is 27.8 Å². The van der Waals surface area contributed by atoms with E-state index in [0.717, 1.165) is 17.6 Å². The lowest BCUT2D eigenvalue weighted by atomic mass is 10.2. The number of hydrogen-bond donors (Lipinski definition) is 1. The van der Waals surface area contributed by atoms with Crippen LogP contribution in [0.15, 0.2) is 41.3 Å². The number of nitrogens with one attached hydrogen (secondary N) is 1. The first kappa shape index (κ1) is 14.3. The van der Waals surface area contributed by atoms with Crippen LogP contribution in [0.1, 0.15) is 18.9 Å². The molecule has 2 aromatic heterocycles. The van der Waals surface area contributed by atoms with Crippen molar-refractivity contribution in [2.75, 3.05) is 11.9 Å². The minimum absolute atomic E-state index is 0.0478. The van der Waals surface area contributed by atoms with Gasteiger partial charge in [0.2, 0.25) is 0 Å². The summed E-state index contributed by atoms with van der Waals surface area (Å²) >= 11 is 0. The molecule has 6 nitrogen and oxygen atoms in total. The highest BCUT2D eigenvalue weighted by Crippen LogP contribution is 2.19. The molecule has 0 aliphatic carbocycles. The van der Waals surface area contributed by atoms with E-state index in [-0.39, 0.29) is 6.10 Å². The fraction of sp³-hybridized carbons (Fsp3) is 0.312. The van der Waals surface area contributed by atoms with Gasteiger partial charge in [-0.1, -0.05) is 24.2 Å². The van der Waals surface area contributed by atoms with Crippen LogP contribution in [0.4, 0.5) is 5.82 Å². The third-order valence-corrected chi connectivity index (χ3v) is 3.41. The maximum absolute atomic E-state index is 6.01. The van der Waals surface area contributed by atoms with Gasteiger partial charge in [-0.2, -0.15) is 4.98 Å². The molecule has 0 aliphatic heterocycles. The molecule has 6 heteroatoms. The normalized spacial score (nSPS) is 12.3. The number of rotatable bonds is 6. The molecule has 0 amide bonds. The highest BCUT2D eigenvalue weighted by Gasteiger charge is 2.11. The molecular weight excluding hydrogens is 280 g/mol. The summed E-state index contributed by atoms with van der Waals surface area (Å²) < 4.78 is 11.0. The van der Waals surface area contributed by atoms with Gasteiger partial charge in [0.1, 0.15) is 29.4 Å². The molecule has 22 heavy (non-hydrogen) atoms. The summed E-state index contributed by atoms with van der Waals surface area (Å²) in [5.41, 5.74) is 1.66. The number of fused-ring (bicyclic) bond motifs is 1. The maximum atomic E-state index is 6.01. The molecule has 1 N–H and O–H groups in total. The Kier molecular flexibility index (Phi) is 4.18. The Morgan fingerprint density at radius 3 is 3.05 bits per heavy atom. The Hall–Kier alpha value is -2.63. The largest absolute Gasteiger partial charge is 0.489 e. The van der Waals surface area contributed by atoms with Gasteiger partial charge in [0, 0.05) is 0 Å². The van der Waals surface area contributed by atoms with Crippen molar-refractivity contribution < 1.29 is 9.26 Å². The molecule has 0 aliphatic rings. The molecule has 1 aromatic carbocycles. The molecule has 0 saturated carbocycles. The van der Waals surface area contributed by atoms with E-state index in [2.05, 4.69) is 40.4 Å². The molecule has 1 atom stereocenters. The Balaban J connectivity index is 1.67. The zero-order valence-corrected chi connectivity index (χ0v) is 12.6. The molecule has 2 heterocycles. The van der Waals surface area contributed by atoms with Gasteiger partial charge in [-0.3, -0.25) is 0 Å². The van der Waals surface area contributed by atoms with Crippen LogP contribution in [0.5, 0.6) is 5.75 Å². The second kappa shape index (κ2) is 6.43. The fourth-order valence-corrected chi connectivity index (χ4v) is 2.20. The van der Waals surface area contributed by atoms with Crippen LogP contribution >= 0.6 is 0 Å². The maximum Gasteiger partial charge on any atom is 0.262 e. The van der Waals surface area contributed by atoms with Crippen molar-refractivity contribution in [1.29, 1.82) is 0 Å². The summed E-state index contributed by atoms with van der Waals surface area (Å²) in [6.45, 7) is 4.79. The molecular formula is C16H18N4O2. The molecule has 114 valence electrons. The third kappa shape index (κ3) is 3.16. The molecule has 0 saturated heterocycles. The lowest BCUT2D eigenvalue weighted by molar-refractivity contribution is 0.210. The monoisotopic (exact) mass is 298 g/mol. The van der Waals surface area contributed by atoms with Crippen molar-refractivity contribution >= 4 is 16.9 Å². The summed E-state index contributed by atoms with van der Waals surface area (Å²) in [6, 6.07) is 8.05. The van der Waals surface area contributed by atoms with Crippen molar-refractivity contribution in [3.63, 3.8) is 0 Å². The number of aromatic nitrogens is 3. The van der Waals surface area contributed by atoms with Crippen LogP contribution < -0.4 is 10.1 Å². The van der Waals surface area contributed by atoms with Gasteiger partial charge in [-0.15, -0.1) is 0 Å². The van der Waals surface area contributed by atoms with Gasteiger partial charge < -0.3 is 14.6 Å². The van der Waals surface area contributed by atoms with E-state index in [0.29, 0.717) is 18.1 Å². The molecule has 0 unspecified atom stereocenters. The van der Waals surface area contributed by atoms with E-state index < -0.39 is 0 Å². The first-order valence-electron chi connectivity index (χ1n) is 7.29. The summed E-state index contributed by atoms with van der Waals surface area (Å²) in [5, 5.41) is 7.79. The average molecular weight is 298 g/mol. The van der Waals surface area contributed by atoms with E-state index in [1.165, 1.54) is 11.9 Å². The third-order valence-electron chi connectivity index (χ3n) is 3.41. The van der Waals surface area contributed by atoms with Crippen LogP contribution in [-0.2, 0) is 0 Å². The predicted molar refractivity (Wildman–Crippen MR) is 84.0 cm³/mol. The number of ether oxygens (including phenoxy) is 1. The van der Waals surface area contributed by atoms with E-state index >= 15 is 0 Å². The van der Waals surface area contributed by atoms with Crippen LogP contribution in [0.3, 0.4) is 0 Å². The minimum atomic E-state index is 0.0478. The predicted octanol–water partition coefficient (Wildman–Crippen LogP) is 3.20. The quantitative estimate of drug-likeness (QED) is 0.753. The highest BCUT2D eigenvalue weighted by molar-refractivity contribution is 5.84. The number of benzene rings is 1. The molecule has 3 rings (SSSR count). The van der Waals surface area contributed by atoms with Crippen molar-refractivity contribution in [3.05, 3.63) is 42.4 Å². The van der Waals surface area contributed by atoms with Crippen LogP contribution in [0, 0.1) is 6.92 Å². The van der Waals surface area contributed by atoms with E-state index in [1.807, 2.05) is 18.2 Å². The second-order valence-electron chi connectivity index (χ2n) is 5.11. The fourth-order valence-electron chi connectivity index (χ4n) is 2.20. The molecule has 3 aromatic rings. The molecule has 0 radical (unpaired) electrons. The van der Waals surface area contributed by atoms with E-state index in [4.69, 9.17) is 9.26 Å². The summed E-state index contributed by atoms with van der Waals surface area (Å²) in [6.07, 6.45) is 4.00. The molecule has 0 fully saturated rings. The zero-order chi connectivity index (χ0) is 15.4. The van der Waals surface area contributed by atoms with Gasteiger partial charge in [-0.25, -0.2) is 4.98 Å². The SMILES string of the molecule is CC[C@H](CNc1ncnc2oncc12)Oc1cccc(C)c1. The van der Waals surface area contributed by atoms with Gasteiger partial charge in [0.15, 0.2) is 0 Å². The van der Waals surface area contributed by atoms with Gasteiger partial charge in [-0.05, 0) is 31.0 Å². The van der Waals surface area contributed by atoms with Crippen molar-refractivity contribution in [1.82, 2.24) is 15.1 Å². The lowest BCUT2D eigenvalue weighted by Gasteiger charge is -2.18. The molecule has 0 bridgehead atoms. The zero-order valence-electron chi connectivity index (χ0n) is 12.6. The topological polar surface area (TPSA) is 73.1 Å². The minimum Gasteiger partial charge on any atom is -0.489 e. The van der Waals surface area contributed by atoms with Gasteiger partial charge in [0.25, 0.3) is 5.71 Å². The van der Waals surface area contributed by atoms with Crippen LogP contribution in [0.25, 0.3) is 11.1 Å². The van der Waals surface area contributed by atoms with E-state index in [9.17, 15) is 0 Å². The summed E-state index contributed by atoms with van der Waals surface area (Å²) in [5.74, 6) is 1.59. The standard InChI is InChI=1S/C16H18N4O2/c1-3-12(21-13-6-4-5-11(2)7-13)8-17-15-14-9-20-22-16(14)19-10-18-15/h4-7,9-10,12H,3,8H2,1-2H3,(H,17,18,19)/t12-/m1/s1. The summed E-state index contributed by atoms with van der Waals surface area (Å²) in [4.78, 5) is 8.24. The van der Waals surface area contributed by atoms with Gasteiger partial charge in [0.05, 0.1) is 12.7 Å². The molecule has 0 spiro atoms. The van der Waals surface area contributed by atoms with E-state index in [1.54, 1.807) is 6.20 Å². The van der Waals surface area contributed by atoms with Crippen molar-refractivity contribution in [2.45, 2.75) is 26.4 Å². The van der Waals surface area contributed by atoms with Crippen molar-refractivity contribution in [2.24, 2.45) is 0 Å². The first-order chi connectivity index (χ1) is 10.8. The number of hydrogen-bond acceptors (Lipinski definition) is 6. The van der Waals surface area contributed by atoms with Crippen molar-refractivity contribution in [3.8, 4) is 5.75 Å². The Bertz CT molecular complexity index is 756. The average Bonchev–Trinajstić information content (AvgIpc) is 3.00. The first-order valence-corrected chi connectivity index (χ1v) is 7.29. The lowest BCUT2D eigenvalue weighted by Crippen LogP contribution is -2.25. The number of nitrogens with zero attached hydrogens (tertiary/aromatic N) is 3. The smallest absolute Gasteiger partial charge is 0.262 e. The highest BCUT2D eigenvalue weighted by atomic mass is 16.5. The number of aryl methyl sites for hydroxylation is 1. The Morgan fingerprint density at radius 1 is 1.32 bits per heavy atom. The number of anilines is 1. The van der Waals surface area contributed by atoms with Crippen LogP contribution in [0.2, 0.25) is 0 Å².